The van der Waals surface area contributed by atoms with E-state index < -0.39 is 33.5 Å². The number of alkyl halides is 5. The maximum absolute atomic E-state index is 13.1. The maximum Gasteiger partial charge on any atom is 0.434 e. The Morgan fingerprint density at radius 2 is 1.88 bits per heavy atom. The molecule has 0 aliphatic heterocycles. The molecule has 0 saturated heterocycles. The standard InChI is InChI=1S/C8H14F5NO2Si/c1-17(16)4-2-3-14-6(15)7(10,5-9)8(11,12)13/h16-17H,2-5H2,1H3,(H,14,15). The number of nitrogens with one attached hydrogen (secondary N) is 1. The molecule has 0 fully saturated rings. The van der Waals surface area contributed by atoms with Gasteiger partial charge in [-0.15, -0.1) is 0 Å². The van der Waals surface area contributed by atoms with Crippen molar-refractivity contribution in [2.75, 3.05) is 13.2 Å². The Labute approximate surface area is 96.7 Å². The van der Waals surface area contributed by atoms with Crippen LogP contribution < -0.4 is 5.32 Å². The predicted molar refractivity (Wildman–Crippen MR) is 53.5 cm³/mol. The van der Waals surface area contributed by atoms with E-state index in [0.717, 1.165) is 0 Å². The predicted octanol–water partition coefficient (Wildman–Crippen LogP) is 1.08. The molecule has 2 N–H and O–H groups in total. The van der Waals surface area contributed by atoms with Crippen LogP contribution in [0.5, 0.6) is 0 Å². The summed E-state index contributed by atoms with van der Waals surface area (Å²) in [5.74, 6) is -2.03. The smallest absolute Gasteiger partial charge is 0.434 e. The van der Waals surface area contributed by atoms with Crippen LogP contribution in [0.1, 0.15) is 6.42 Å². The number of carbonyl (C=O) groups excluding carboxylic acids is 1. The van der Waals surface area contributed by atoms with Gasteiger partial charge in [-0.05, 0) is 19.0 Å². The Hall–Kier alpha value is -0.703. The second-order valence-corrected chi connectivity index (χ2v) is 5.96. The highest BCUT2D eigenvalue weighted by Gasteiger charge is 2.62. The van der Waals surface area contributed by atoms with Crippen LogP contribution in [0.25, 0.3) is 0 Å². The van der Waals surface area contributed by atoms with Gasteiger partial charge in [0.05, 0.1) is 0 Å². The molecule has 0 spiro atoms. The Morgan fingerprint density at radius 3 is 2.24 bits per heavy atom. The second-order valence-electron chi connectivity index (χ2n) is 3.68. The summed E-state index contributed by atoms with van der Waals surface area (Å²) in [5.41, 5.74) is -4.49. The molecule has 0 heterocycles. The minimum atomic E-state index is -5.58. The van der Waals surface area contributed by atoms with Crippen molar-refractivity contribution in [3.05, 3.63) is 0 Å². The van der Waals surface area contributed by atoms with Crippen molar-refractivity contribution in [2.24, 2.45) is 0 Å². The van der Waals surface area contributed by atoms with E-state index in [-0.39, 0.29) is 13.0 Å². The molecule has 17 heavy (non-hydrogen) atoms. The highest BCUT2D eigenvalue weighted by atomic mass is 28.3. The first-order valence-electron chi connectivity index (χ1n) is 4.93. The molecule has 2 unspecified atom stereocenters. The van der Waals surface area contributed by atoms with E-state index in [1.165, 1.54) is 0 Å². The van der Waals surface area contributed by atoms with Gasteiger partial charge in [0.1, 0.15) is 6.67 Å². The topological polar surface area (TPSA) is 49.3 Å². The van der Waals surface area contributed by atoms with Crippen LogP contribution in [0.15, 0.2) is 0 Å². The summed E-state index contributed by atoms with van der Waals surface area (Å²) in [4.78, 5) is 19.9. The van der Waals surface area contributed by atoms with Crippen LogP contribution in [0.4, 0.5) is 22.0 Å². The van der Waals surface area contributed by atoms with E-state index in [2.05, 4.69) is 0 Å². The van der Waals surface area contributed by atoms with Gasteiger partial charge in [0.15, 0.2) is 9.04 Å². The lowest BCUT2D eigenvalue weighted by atomic mass is 10.1. The van der Waals surface area contributed by atoms with Crippen LogP contribution in [-0.2, 0) is 4.79 Å². The lowest BCUT2D eigenvalue weighted by Crippen LogP contribution is -2.55. The Kier molecular flexibility index (Phi) is 6.03. The minimum absolute atomic E-state index is 0.224. The molecule has 0 bridgehead atoms. The average molecular weight is 279 g/mol. The fourth-order valence-electron chi connectivity index (χ4n) is 1.00. The van der Waals surface area contributed by atoms with Gasteiger partial charge in [-0.25, -0.2) is 8.78 Å². The molecular formula is C8H14F5NO2Si. The molecule has 0 radical (unpaired) electrons. The number of hydrogen-bond acceptors (Lipinski definition) is 2. The van der Waals surface area contributed by atoms with Gasteiger partial charge in [0.25, 0.3) is 5.91 Å². The number of amides is 1. The van der Waals surface area contributed by atoms with Crippen LogP contribution in [0.2, 0.25) is 12.6 Å². The Morgan fingerprint density at radius 1 is 1.35 bits per heavy atom. The summed E-state index contributed by atoms with van der Waals surface area (Å²) in [6.45, 7) is -1.08. The number of carbonyl (C=O) groups is 1. The zero-order valence-corrected chi connectivity index (χ0v) is 10.3. The molecule has 0 aromatic rings. The minimum Gasteiger partial charge on any atom is -0.435 e. The summed E-state index contributed by atoms with van der Waals surface area (Å²) in [6, 6.07) is 0.376. The lowest BCUT2D eigenvalue weighted by Gasteiger charge is -2.23. The van der Waals surface area contributed by atoms with Crippen molar-refractivity contribution in [2.45, 2.75) is 30.9 Å². The van der Waals surface area contributed by atoms with Gasteiger partial charge in [-0.2, -0.15) is 13.2 Å². The monoisotopic (exact) mass is 279 g/mol. The lowest BCUT2D eigenvalue weighted by molar-refractivity contribution is -0.230. The molecule has 0 rings (SSSR count). The van der Waals surface area contributed by atoms with Gasteiger partial charge < -0.3 is 10.1 Å². The zero-order chi connectivity index (χ0) is 13.7. The van der Waals surface area contributed by atoms with E-state index in [1.807, 2.05) is 0 Å². The van der Waals surface area contributed by atoms with Crippen molar-refractivity contribution in [3.8, 4) is 0 Å². The Bertz CT molecular complexity index is 261. The molecule has 0 aliphatic carbocycles. The highest BCUT2D eigenvalue weighted by Crippen LogP contribution is 2.34. The van der Waals surface area contributed by atoms with Gasteiger partial charge >= 0.3 is 11.8 Å². The maximum atomic E-state index is 13.1. The summed E-state index contributed by atoms with van der Waals surface area (Å²) >= 11 is 0. The van der Waals surface area contributed by atoms with Crippen molar-refractivity contribution in [1.82, 2.24) is 5.32 Å². The number of hydrogen-bond donors (Lipinski definition) is 2. The molecule has 0 aliphatic rings. The molecular weight excluding hydrogens is 265 g/mol. The van der Waals surface area contributed by atoms with Gasteiger partial charge in [-0.3, -0.25) is 4.79 Å². The first-order valence-corrected chi connectivity index (χ1v) is 7.42. The fourth-order valence-corrected chi connectivity index (χ4v) is 1.80. The highest BCUT2D eigenvalue weighted by molar-refractivity contribution is 6.48. The Balaban J connectivity index is 4.29. The van der Waals surface area contributed by atoms with E-state index in [4.69, 9.17) is 4.80 Å². The molecule has 0 saturated carbocycles. The SMILES string of the molecule is C[SiH](O)CCCNC(=O)C(F)(CF)C(F)(F)F. The molecule has 9 heteroatoms. The van der Waals surface area contributed by atoms with Crippen LogP contribution >= 0.6 is 0 Å². The van der Waals surface area contributed by atoms with E-state index in [9.17, 15) is 26.7 Å². The van der Waals surface area contributed by atoms with Crippen molar-refractivity contribution >= 4 is 14.9 Å². The van der Waals surface area contributed by atoms with Crippen molar-refractivity contribution < 1.29 is 31.5 Å². The molecule has 0 aromatic heterocycles. The summed E-state index contributed by atoms with van der Waals surface area (Å²) in [6.07, 6.45) is -5.35. The third-order valence-corrected chi connectivity index (χ3v) is 3.32. The third kappa shape index (κ3) is 4.58. The zero-order valence-electron chi connectivity index (χ0n) is 9.15. The molecule has 2 atom stereocenters. The van der Waals surface area contributed by atoms with Crippen molar-refractivity contribution in [3.63, 3.8) is 0 Å². The molecule has 1 amide bonds. The van der Waals surface area contributed by atoms with Crippen LogP contribution in [-0.4, -0.2) is 44.8 Å². The first-order chi connectivity index (χ1) is 7.65. The van der Waals surface area contributed by atoms with Gasteiger partial charge in [-0.1, -0.05) is 0 Å². The molecule has 102 valence electrons. The van der Waals surface area contributed by atoms with Crippen LogP contribution in [0.3, 0.4) is 0 Å². The summed E-state index contributed by atoms with van der Waals surface area (Å²) < 4.78 is 61.3. The van der Waals surface area contributed by atoms with Crippen molar-refractivity contribution in [1.29, 1.82) is 0 Å². The summed E-state index contributed by atoms with van der Waals surface area (Å²) in [5, 5.41) is 1.67. The molecule has 0 aromatic carbocycles. The number of rotatable bonds is 6. The first kappa shape index (κ1) is 16.3. The third-order valence-electron chi connectivity index (χ3n) is 2.08. The van der Waals surface area contributed by atoms with E-state index in [1.54, 1.807) is 11.9 Å². The largest absolute Gasteiger partial charge is 0.435 e. The fraction of sp³-hybridized carbons (Fsp3) is 0.875. The summed E-state index contributed by atoms with van der Waals surface area (Å²) in [7, 11) is -1.86. The van der Waals surface area contributed by atoms with Gasteiger partial charge in [0.2, 0.25) is 0 Å². The number of halogens is 5. The second kappa shape index (κ2) is 6.29. The normalized spacial score (nSPS) is 17.4. The molecule has 3 nitrogen and oxygen atoms in total. The van der Waals surface area contributed by atoms with E-state index >= 15 is 0 Å². The quantitative estimate of drug-likeness (QED) is 0.434. The average Bonchev–Trinajstić information content (AvgIpc) is 2.20. The van der Waals surface area contributed by atoms with E-state index in [0.29, 0.717) is 6.04 Å². The van der Waals surface area contributed by atoms with Gasteiger partial charge in [0, 0.05) is 6.54 Å². The van der Waals surface area contributed by atoms with Crippen LogP contribution in [0, 0.1) is 0 Å².